The zero-order valence-electron chi connectivity index (χ0n) is 17.0. The van der Waals surface area contributed by atoms with Crippen LogP contribution in [-0.2, 0) is 21.4 Å². The van der Waals surface area contributed by atoms with Gasteiger partial charge in [-0.25, -0.2) is 0 Å². The average Bonchev–Trinajstić information content (AvgIpc) is 2.60. The second-order valence-electron chi connectivity index (χ2n) is 9.86. The fourth-order valence-corrected chi connectivity index (χ4v) is 5.64. The zero-order valence-corrected chi connectivity index (χ0v) is 17.0. The van der Waals surface area contributed by atoms with E-state index in [0.717, 1.165) is 24.6 Å². The molecule has 0 spiro atoms. The van der Waals surface area contributed by atoms with Crippen molar-refractivity contribution in [3.63, 3.8) is 0 Å². The fraction of sp³-hybridized carbons (Fsp3) is 0.696. The Balaban J connectivity index is 1.48. The van der Waals surface area contributed by atoms with Crippen molar-refractivity contribution in [2.24, 2.45) is 11.3 Å². The number of fused-ring (bicyclic) bond motifs is 1. The molecule has 3 aliphatic rings. The number of rotatable bonds is 4. The van der Waals surface area contributed by atoms with Crippen molar-refractivity contribution >= 4 is 5.97 Å². The lowest BCUT2D eigenvalue weighted by molar-refractivity contribution is -0.152. The van der Waals surface area contributed by atoms with E-state index in [1.165, 1.54) is 43.2 Å². The minimum Gasteiger partial charge on any atom is -0.457 e. The monoisotopic (exact) mass is 371 g/mol. The van der Waals surface area contributed by atoms with Gasteiger partial charge in [0.25, 0.3) is 0 Å². The van der Waals surface area contributed by atoms with E-state index >= 15 is 0 Å². The van der Waals surface area contributed by atoms with Crippen LogP contribution in [0.1, 0.15) is 70.4 Å². The molecule has 1 saturated carbocycles. The number of ether oxygens (including phenoxy) is 2. The van der Waals surface area contributed by atoms with Gasteiger partial charge in [-0.3, -0.25) is 4.79 Å². The van der Waals surface area contributed by atoms with Crippen LogP contribution >= 0.6 is 0 Å². The van der Waals surface area contributed by atoms with Gasteiger partial charge in [-0.05, 0) is 66.8 Å². The van der Waals surface area contributed by atoms with E-state index < -0.39 is 0 Å². The Morgan fingerprint density at radius 3 is 2.93 bits per heavy atom. The van der Waals surface area contributed by atoms with Crippen LogP contribution in [0.3, 0.4) is 0 Å². The molecular weight excluding hydrogens is 338 g/mol. The van der Waals surface area contributed by atoms with E-state index in [1.54, 1.807) is 0 Å². The van der Waals surface area contributed by atoms with E-state index in [9.17, 15) is 4.79 Å². The third kappa shape index (κ3) is 3.73. The molecule has 3 atom stereocenters. The highest BCUT2D eigenvalue weighted by atomic mass is 16.7. The molecule has 4 rings (SSSR count). The summed E-state index contributed by atoms with van der Waals surface area (Å²) >= 11 is 0. The second-order valence-corrected chi connectivity index (χ2v) is 9.86. The maximum atomic E-state index is 11.9. The Morgan fingerprint density at radius 2 is 2.11 bits per heavy atom. The van der Waals surface area contributed by atoms with Gasteiger partial charge < -0.3 is 14.8 Å². The van der Waals surface area contributed by atoms with Crippen molar-refractivity contribution in [2.75, 3.05) is 13.3 Å². The molecule has 0 aromatic heterocycles. The van der Waals surface area contributed by atoms with Gasteiger partial charge in [0.05, 0.1) is 6.42 Å². The number of nitrogens with one attached hydrogen (secondary N) is 1. The highest BCUT2D eigenvalue weighted by Crippen LogP contribution is 2.54. The van der Waals surface area contributed by atoms with Crippen LogP contribution in [0.5, 0.6) is 5.75 Å². The van der Waals surface area contributed by atoms with Crippen LogP contribution < -0.4 is 10.1 Å². The van der Waals surface area contributed by atoms with E-state index in [4.69, 9.17) is 9.47 Å². The van der Waals surface area contributed by atoms with Gasteiger partial charge in [-0.15, -0.1) is 0 Å². The quantitative estimate of drug-likeness (QED) is 0.631. The molecule has 1 N–H and O–H groups in total. The minimum absolute atomic E-state index is 0.00565. The SMILES string of the molecule is CC(C)(C)CC(=O)OCOc1ccc2c(c1)[C@]13CCCC[C@@H]1[C@H](C2)NCC3. The Kier molecular flexibility index (Phi) is 4.96. The summed E-state index contributed by atoms with van der Waals surface area (Å²) < 4.78 is 11.1. The predicted octanol–water partition coefficient (Wildman–Crippen LogP) is 4.35. The summed E-state index contributed by atoms with van der Waals surface area (Å²) in [5, 5.41) is 3.78. The Morgan fingerprint density at radius 1 is 1.26 bits per heavy atom. The molecule has 1 saturated heterocycles. The molecule has 1 heterocycles. The predicted molar refractivity (Wildman–Crippen MR) is 106 cm³/mol. The van der Waals surface area contributed by atoms with Crippen molar-refractivity contribution < 1.29 is 14.3 Å². The van der Waals surface area contributed by atoms with Crippen molar-refractivity contribution in [3.8, 4) is 5.75 Å². The molecule has 0 unspecified atom stereocenters. The Labute approximate surface area is 163 Å². The van der Waals surface area contributed by atoms with E-state index in [2.05, 4.69) is 17.4 Å². The van der Waals surface area contributed by atoms with Gasteiger partial charge in [-0.1, -0.05) is 39.7 Å². The summed E-state index contributed by atoms with van der Waals surface area (Å²) in [6, 6.07) is 7.14. The van der Waals surface area contributed by atoms with Gasteiger partial charge in [0.1, 0.15) is 5.75 Å². The number of benzene rings is 1. The average molecular weight is 372 g/mol. The van der Waals surface area contributed by atoms with Gasteiger partial charge in [-0.2, -0.15) is 0 Å². The number of hydrogen-bond donors (Lipinski definition) is 1. The molecule has 0 radical (unpaired) electrons. The summed E-state index contributed by atoms with van der Waals surface area (Å²) in [5.41, 5.74) is 3.24. The molecule has 4 heteroatoms. The normalized spacial score (nSPS) is 29.4. The summed E-state index contributed by atoms with van der Waals surface area (Å²) in [6.45, 7) is 7.21. The summed E-state index contributed by atoms with van der Waals surface area (Å²) in [4.78, 5) is 11.9. The lowest BCUT2D eigenvalue weighted by atomic mass is 9.53. The highest BCUT2D eigenvalue weighted by molar-refractivity contribution is 5.70. The fourth-order valence-electron chi connectivity index (χ4n) is 5.64. The third-order valence-electron chi connectivity index (χ3n) is 6.74. The van der Waals surface area contributed by atoms with Crippen LogP contribution in [-0.4, -0.2) is 25.3 Å². The third-order valence-corrected chi connectivity index (χ3v) is 6.74. The first kappa shape index (κ1) is 18.8. The number of hydrogen-bond acceptors (Lipinski definition) is 4. The Hall–Kier alpha value is -1.55. The topological polar surface area (TPSA) is 47.6 Å². The van der Waals surface area contributed by atoms with Crippen LogP contribution in [0, 0.1) is 11.3 Å². The van der Waals surface area contributed by atoms with Gasteiger partial charge in [0.2, 0.25) is 6.79 Å². The number of esters is 1. The van der Waals surface area contributed by atoms with Crippen molar-refractivity contribution in [1.29, 1.82) is 0 Å². The maximum Gasteiger partial charge on any atom is 0.309 e. The lowest BCUT2D eigenvalue weighted by Crippen LogP contribution is -2.59. The van der Waals surface area contributed by atoms with E-state index in [1.807, 2.05) is 26.8 Å². The highest BCUT2D eigenvalue weighted by Gasteiger charge is 2.51. The first-order chi connectivity index (χ1) is 12.9. The molecule has 1 aliphatic heterocycles. The largest absolute Gasteiger partial charge is 0.457 e. The number of carbonyl (C=O) groups is 1. The molecule has 0 amide bonds. The molecule has 148 valence electrons. The molecule has 4 nitrogen and oxygen atoms in total. The molecule has 2 fully saturated rings. The number of carbonyl (C=O) groups excluding carboxylic acids is 1. The number of piperidine rings is 1. The standard InChI is InChI=1S/C23H33NO3/c1-22(2,3)14-21(25)27-15-26-17-8-7-16-12-20-18-6-4-5-9-23(18,10-11-24-20)19(16)13-17/h7-8,13,18,20,24H,4-6,9-12,14-15H2,1-3H3/t18-,20+,23+/m1/s1. The van der Waals surface area contributed by atoms with E-state index in [-0.39, 0.29) is 18.2 Å². The van der Waals surface area contributed by atoms with Gasteiger partial charge in [0.15, 0.2) is 0 Å². The zero-order chi connectivity index (χ0) is 19.1. The lowest BCUT2D eigenvalue weighted by Gasteiger charge is -2.56. The molecular formula is C23H33NO3. The molecule has 2 aliphatic carbocycles. The molecule has 1 aromatic carbocycles. The second kappa shape index (κ2) is 7.12. The van der Waals surface area contributed by atoms with Crippen molar-refractivity contribution in [1.82, 2.24) is 5.32 Å². The maximum absolute atomic E-state index is 11.9. The van der Waals surface area contributed by atoms with Gasteiger partial charge in [0, 0.05) is 11.5 Å². The first-order valence-corrected chi connectivity index (χ1v) is 10.5. The van der Waals surface area contributed by atoms with Crippen LogP contribution in [0.15, 0.2) is 18.2 Å². The van der Waals surface area contributed by atoms with Crippen molar-refractivity contribution in [2.45, 2.75) is 77.2 Å². The first-order valence-electron chi connectivity index (χ1n) is 10.5. The smallest absolute Gasteiger partial charge is 0.309 e. The Bertz CT molecular complexity index is 704. The van der Waals surface area contributed by atoms with Crippen LogP contribution in [0.4, 0.5) is 0 Å². The van der Waals surface area contributed by atoms with Gasteiger partial charge >= 0.3 is 5.97 Å². The molecule has 1 aromatic rings. The molecule has 27 heavy (non-hydrogen) atoms. The minimum atomic E-state index is -0.201. The van der Waals surface area contributed by atoms with Crippen LogP contribution in [0.25, 0.3) is 0 Å². The van der Waals surface area contributed by atoms with E-state index in [0.29, 0.717) is 17.9 Å². The van der Waals surface area contributed by atoms with Crippen LogP contribution in [0.2, 0.25) is 0 Å². The molecule has 2 bridgehead atoms. The van der Waals surface area contributed by atoms with Crippen molar-refractivity contribution in [3.05, 3.63) is 29.3 Å². The summed E-state index contributed by atoms with van der Waals surface area (Å²) in [5.74, 6) is 1.38. The summed E-state index contributed by atoms with van der Waals surface area (Å²) in [6.07, 6.45) is 8.09. The summed E-state index contributed by atoms with van der Waals surface area (Å²) in [7, 11) is 0.